The predicted octanol–water partition coefficient (Wildman–Crippen LogP) is 4.86. The number of amides is 2. The number of sulfonamides is 1. The van der Waals surface area contributed by atoms with Crippen LogP contribution in [0.4, 0.5) is 5.69 Å². The lowest BCUT2D eigenvalue weighted by Crippen LogP contribution is -2.51. The molecule has 0 fully saturated rings. The van der Waals surface area contributed by atoms with Crippen LogP contribution in [0.5, 0.6) is 5.75 Å². The van der Waals surface area contributed by atoms with E-state index in [1.807, 2.05) is 44.4 Å². The Hall–Kier alpha value is -3.50. The summed E-state index contributed by atoms with van der Waals surface area (Å²) in [6.45, 7) is 5.54. The van der Waals surface area contributed by atoms with Crippen molar-refractivity contribution in [3.05, 3.63) is 83.9 Å². The van der Waals surface area contributed by atoms with Crippen molar-refractivity contribution in [2.75, 3.05) is 30.8 Å². The van der Waals surface area contributed by atoms with Gasteiger partial charge in [0.1, 0.15) is 18.3 Å². The minimum Gasteiger partial charge on any atom is -0.492 e. The molecule has 0 aromatic heterocycles. The Kier molecular flexibility index (Phi) is 11.0. The SMILES string of the molecule is CCOc1ccccc1N(CC(=O)N(Cc1ccc(C)cc1)[C@@H](CC)C(=O)NC)S(=O)(=O)c1ccc(SC)cc1. The van der Waals surface area contributed by atoms with Crippen LogP contribution in [-0.4, -0.2) is 57.6 Å². The molecule has 8 nitrogen and oxygen atoms in total. The van der Waals surface area contributed by atoms with Gasteiger partial charge in [-0.25, -0.2) is 8.42 Å². The van der Waals surface area contributed by atoms with Gasteiger partial charge in [-0.2, -0.15) is 0 Å². The maximum absolute atomic E-state index is 14.1. The predicted molar refractivity (Wildman–Crippen MR) is 160 cm³/mol. The molecular weight excluding hydrogens is 546 g/mol. The summed E-state index contributed by atoms with van der Waals surface area (Å²) < 4.78 is 35.0. The quantitative estimate of drug-likeness (QED) is 0.289. The van der Waals surface area contributed by atoms with E-state index in [-0.39, 0.29) is 23.0 Å². The van der Waals surface area contributed by atoms with Gasteiger partial charge >= 0.3 is 0 Å². The van der Waals surface area contributed by atoms with Gasteiger partial charge in [0.05, 0.1) is 17.2 Å². The van der Waals surface area contributed by atoms with Crippen molar-refractivity contribution >= 4 is 39.3 Å². The molecule has 1 atom stereocenters. The van der Waals surface area contributed by atoms with Crippen molar-refractivity contribution in [1.82, 2.24) is 10.2 Å². The third-order valence-corrected chi connectivity index (χ3v) is 8.98. The third kappa shape index (κ3) is 7.37. The van der Waals surface area contributed by atoms with Crippen LogP contribution in [0.3, 0.4) is 0 Å². The molecule has 0 unspecified atom stereocenters. The molecule has 3 aromatic carbocycles. The van der Waals surface area contributed by atoms with Crippen LogP contribution in [0.15, 0.2) is 82.6 Å². The van der Waals surface area contributed by atoms with E-state index in [4.69, 9.17) is 4.74 Å². The summed E-state index contributed by atoms with van der Waals surface area (Å²) in [5.74, 6) is -0.489. The van der Waals surface area contributed by atoms with Crippen molar-refractivity contribution < 1.29 is 22.7 Å². The Morgan fingerprint density at radius 1 is 0.975 bits per heavy atom. The number of anilines is 1. The number of aryl methyl sites for hydroxylation is 1. The number of para-hydroxylation sites is 2. The Morgan fingerprint density at radius 3 is 2.20 bits per heavy atom. The number of rotatable bonds is 13. The second-order valence-corrected chi connectivity index (χ2v) is 11.9. The van der Waals surface area contributed by atoms with Gasteiger partial charge in [0, 0.05) is 18.5 Å². The first-order valence-corrected chi connectivity index (χ1v) is 15.8. The first-order chi connectivity index (χ1) is 19.2. The van der Waals surface area contributed by atoms with Gasteiger partial charge < -0.3 is 15.0 Å². The molecular formula is C30H37N3O5S2. The number of likely N-dealkylation sites (N-methyl/N-ethyl adjacent to an activating group) is 1. The van der Waals surface area contributed by atoms with Crippen LogP contribution in [0.25, 0.3) is 0 Å². The Labute approximate surface area is 241 Å². The molecule has 3 rings (SSSR count). The van der Waals surface area contributed by atoms with Crippen LogP contribution < -0.4 is 14.4 Å². The summed E-state index contributed by atoms with van der Waals surface area (Å²) in [4.78, 5) is 29.3. The number of benzene rings is 3. The van der Waals surface area contributed by atoms with Crippen molar-refractivity contribution in [2.24, 2.45) is 0 Å². The largest absolute Gasteiger partial charge is 0.492 e. The molecule has 40 heavy (non-hydrogen) atoms. The average molecular weight is 584 g/mol. The lowest BCUT2D eigenvalue weighted by Gasteiger charge is -2.33. The van der Waals surface area contributed by atoms with E-state index in [2.05, 4.69) is 5.32 Å². The summed E-state index contributed by atoms with van der Waals surface area (Å²) >= 11 is 1.50. The van der Waals surface area contributed by atoms with Gasteiger partial charge in [-0.3, -0.25) is 13.9 Å². The van der Waals surface area contributed by atoms with Gasteiger partial charge in [-0.05, 0) is 68.5 Å². The lowest BCUT2D eigenvalue weighted by molar-refractivity contribution is -0.140. The van der Waals surface area contributed by atoms with E-state index >= 15 is 0 Å². The van der Waals surface area contributed by atoms with Crippen LogP contribution in [0, 0.1) is 6.92 Å². The first-order valence-electron chi connectivity index (χ1n) is 13.1. The molecule has 0 radical (unpaired) electrons. The van der Waals surface area contributed by atoms with E-state index in [9.17, 15) is 18.0 Å². The standard InChI is InChI=1S/C30H37N3O5S2/c1-6-26(30(35)31-4)32(20-23-14-12-22(3)13-15-23)29(34)21-33(27-10-8-9-11-28(27)38-7-2)40(36,37)25-18-16-24(39-5)17-19-25/h8-19,26H,6-7,20-21H2,1-5H3,(H,31,35)/t26-/m0/s1. The average Bonchev–Trinajstić information content (AvgIpc) is 2.97. The van der Waals surface area contributed by atoms with E-state index in [0.29, 0.717) is 18.8 Å². The van der Waals surface area contributed by atoms with Crippen LogP contribution in [-0.2, 0) is 26.2 Å². The van der Waals surface area contributed by atoms with E-state index in [1.165, 1.54) is 35.8 Å². The molecule has 0 heterocycles. The van der Waals surface area contributed by atoms with E-state index in [0.717, 1.165) is 20.3 Å². The van der Waals surface area contributed by atoms with Crippen molar-refractivity contribution in [3.63, 3.8) is 0 Å². The lowest BCUT2D eigenvalue weighted by atomic mass is 10.1. The summed E-state index contributed by atoms with van der Waals surface area (Å²) in [7, 11) is -2.67. The molecule has 1 N–H and O–H groups in total. The monoisotopic (exact) mass is 583 g/mol. The minimum atomic E-state index is -4.19. The highest BCUT2D eigenvalue weighted by Crippen LogP contribution is 2.33. The number of hydrogen-bond acceptors (Lipinski definition) is 6. The first kappa shape index (κ1) is 31.0. The zero-order valence-corrected chi connectivity index (χ0v) is 25.2. The second kappa shape index (κ2) is 14.2. The van der Waals surface area contributed by atoms with Crippen LogP contribution >= 0.6 is 11.8 Å². The minimum absolute atomic E-state index is 0.0489. The zero-order chi connectivity index (χ0) is 29.3. The van der Waals surface area contributed by atoms with E-state index < -0.39 is 28.5 Å². The number of thioether (sulfide) groups is 1. The van der Waals surface area contributed by atoms with Gasteiger partial charge in [0.2, 0.25) is 11.8 Å². The van der Waals surface area contributed by atoms with Crippen molar-refractivity contribution in [3.8, 4) is 5.75 Å². The highest BCUT2D eigenvalue weighted by atomic mass is 32.2. The molecule has 214 valence electrons. The molecule has 0 aliphatic carbocycles. The molecule has 0 spiro atoms. The highest BCUT2D eigenvalue weighted by Gasteiger charge is 2.34. The van der Waals surface area contributed by atoms with Crippen LogP contribution in [0.1, 0.15) is 31.4 Å². The highest BCUT2D eigenvalue weighted by molar-refractivity contribution is 7.98. The number of hydrogen-bond donors (Lipinski definition) is 1. The Morgan fingerprint density at radius 2 is 1.62 bits per heavy atom. The van der Waals surface area contributed by atoms with Gasteiger partial charge in [-0.15, -0.1) is 11.8 Å². The summed E-state index contributed by atoms with van der Waals surface area (Å²) in [5, 5.41) is 2.64. The van der Waals surface area contributed by atoms with Crippen LogP contribution in [0.2, 0.25) is 0 Å². The third-order valence-electron chi connectivity index (χ3n) is 6.47. The maximum atomic E-state index is 14.1. The number of carbonyl (C=O) groups excluding carboxylic acids is 2. The van der Waals surface area contributed by atoms with Gasteiger partial charge in [0.25, 0.3) is 10.0 Å². The Balaban J connectivity index is 2.10. The molecule has 0 saturated carbocycles. The summed E-state index contributed by atoms with van der Waals surface area (Å²) in [6.07, 6.45) is 2.27. The maximum Gasteiger partial charge on any atom is 0.264 e. The summed E-state index contributed by atoms with van der Waals surface area (Å²) in [5.41, 5.74) is 2.14. The molecule has 3 aromatic rings. The number of carbonyl (C=O) groups is 2. The smallest absolute Gasteiger partial charge is 0.264 e. The molecule has 0 aliphatic heterocycles. The number of ether oxygens (including phenoxy) is 1. The molecule has 0 bridgehead atoms. The van der Waals surface area contributed by atoms with Crippen molar-refractivity contribution in [2.45, 2.75) is 49.6 Å². The zero-order valence-electron chi connectivity index (χ0n) is 23.6. The second-order valence-electron chi connectivity index (χ2n) is 9.13. The fourth-order valence-corrected chi connectivity index (χ4v) is 6.14. The number of nitrogens with zero attached hydrogens (tertiary/aromatic N) is 2. The Bertz CT molecular complexity index is 1390. The fourth-order valence-electron chi connectivity index (χ4n) is 4.31. The molecule has 2 amide bonds. The molecule has 10 heteroatoms. The van der Waals surface area contributed by atoms with E-state index in [1.54, 1.807) is 43.3 Å². The summed E-state index contributed by atoms with van der Waals surface area (Å²) in [6, 6.07) is 20.2. The normalized spacial score (nSPS) is 11.9. The number of nitrogens with one attached hydrogen (secondary N) is 1. The van der Waals surface area contributed by atoms with Gasteiger partial charge in [0.15, 0.2) is 0 Å². The van der Waals surface area contributed by atoms with Gasteiger partial charge in [-0.1, -0.05) is 48.9 Å². The fraction of sp³-hybridized carbons (Fsp3) is 0.333. The van der Waals surface area contributed by atoms with Crippen molar-refractivity contribution in [1.29, 1.82) is 0 Å². The molecule has 0 saturated heterocycles. The topological polar surface area (TPSA) is 96.0 Å². The molecule has 0 aliphatic rings.